The van der Waals surface area contributed by atoms with Crippen LogP contribution in [-0.4, -0.2) is 101 Å². The van der Waals surface area contributed by atoms with Crippen molar-refractivity contribution in [1.29, 1.82) is 0 Å². The number of benzene rings is 5. The van der Waals surface area contributed by atoms with Gasteiger partial charge in [-0.3, -0.25) is 13.6 Å². The molecule has 0 saturated heterocycles. The van der Waals surface area contributed by atoms with Crippen molar-refractivity contribution < 1.29 is 61.2 Å². The lowest BCUT2D eigenvalue weighted by Crippen LogP contribution is -2.50. The Morgan fingerprint density at radius 3 is 1.39 bits per heavy atom. The second-order valence-corrected chi connectivity index (χ2v) is 16.6. The van der Waals surface area contributed by atoms with Crippen LogP contribution in [0.25, 0.3) is 0 Å². The molecular formula is C49H60NO13P. The quantitative estimate of drug-likeness (QED) is 0.0362. The van der Waals surface area contributed by atoms with Crippen molar-refractivity contribution in [1.82, 2.24) is 4.90 Å². The van der Waals surface area contributed by atoms with E-state index in [-0.39, 0.29) is 52.9 Å². The molecule has 0 bridgehead atoms. The summed E-state index contributed by atoms with van der Waals surface area (Å²) in [6, 6.07) is 47.3. The third-order valence-electron chi connectivity index (χ3n) is 9.85. The van der Waals surface area contributed by atoms with Crippen LogP contribution in [0.2, 0.25) is 0 Å². The number of hydrogen-bond acceptors (Lipinski definition) is 13. The number of hydrogen-bond donors (Lipinski definition) is 1. The van der Waals surface area contributed by atoms with Crippen molar-refractivity contribution in [3.63, 3.8) is 0 Å². The van der Waals surface area contributed by atoms with Gasteiger partial charge in [-0.15, -0.1) is 0 Å². The van der Waals surface area contributed by atoms with Crippen molar-refractivity contribution in [3.05, 3.63) is 179 Å². The molecule has 0 radical (unpaired) electrons. The molecule has 64 heavy (non-hydrogen) atoms. The number of carbonyl (C=O) groups excluding carboxylic acids is 1. The summed E-state index contributed by atoms with van der Waals surface area (Å²) >= 11 is 0. The number of aliphatic hydroxyl groups is 1. The fraction of sp³-hybridized carbons (Fsp3) is 0.367. The van der Waals surface area contributed by atoms with Crippen LogP contribution < -0.4 is 0 Å². The maximum atomic E-state index is 14.0. The molecule has 1 N–H and O–H groups in total. The van der Waals surface area contributed by atoms with Crippen LogP contribution in [0.4, 0.5) is 4.79 Å². The van der Waals surface area contributed by atoms with Crippen molar-refractivity contribution in [2.24, 2.45) is 0 Å². The largest absolute Gasteiger partial charge is 0.474 e. The Labute approximate surface area is 376 Å². The fourth-order valence-electron chi connectivity index (χ4n) is 6.23. The van der Waals surface area contributed by atoms with Crippen molar-refractivity contribution in [3.8, 4) is 0 Å². The summed E-state index contributed by atoms with van der Waals surface area (Å²) in [4.78, 5) is 14.3. The molecule has 0 aliphatic heterocycles. The first-order valence-corrected chi connectivity index (χ1v) is 22.4. The van der Waals surface area contributed by atoms with Gasteiger partial charge < -0.3 is 43.2 Å². The summed E-state index contributed by atoms with van der Waals surface area (Å²) in [6.07, 6.45) is -7.89. The zero-order chi connectivity index (χ0) is 45.4. The zero-order valence-electron chi connectivity index (χ0n) is 36.8. The molecule has 0 fully saturated rings. The average Bonchev–Trinajstić information content (AvgIpc) is 3.34. The first-order chi connectivity index (χ1) is 31.2. The molecule has 1 amide bonds. The van der Waals surface area contributed by atoms with Crippen LogP contribution in [0.1, 0.15) is 27.8 Å². The molecule has 15 heteroatoms. The normalized spacial score (nSPS) is 15.3. The van der Waals surface area contributed by atoms with Gasteiger partial charge in [0.15, 0.2) is 0 Å². The number of methoxy groups -OCH3 is 1. The smallest absolute Gasteiger partial charge is 0.416 e. The Hall–Kier alpha value is -4.80. The van der Waals surface area contributed by atoms with Gasteiger partial charge in [0.25, 0.3) is 0 Å². The number of carbonyl (C=O) groups is 1. The van der Waals surface area contributed by atoms with Gasteiger partial charge in [0.05, 0.1) is 52.9 Å². The van der Waals surface area contributed by atoms with Crippen LogP contribution in [0.3, 0.4) is 0 Å². The maximum absolute atomic E-state index is 14.0. The predicted octanol–water partition coefficient (Wildman–Crippen LogP) is 8.36. The lowest BCUT2D eigenvalue weighted by molar-refractivity contribution is -0.231. The molecular weight excluding hydrogens is 842 g/mol. The van der Waals surface area contributed by atoms with Crippen molar-refractivity contribution in [2.45, 2.75) is 69.8 Å². The lowest BCUT2D eigenvalue weighted by atomic mass is 10.1. The highest BCUT2D eigenvalue weighted by atomic mass is 31.2. The van der Waals surface area contributed by atoms with Gasteiger partial charge in [-0.05, 0) is 27.8 Å². The molecule has 0 aromatic heterocycles. The molecule has 14 nitrogen and oxygen atoms in total. The summed E-state index contributed by atoms with van der Waals surface area (Å²) in [5.41, 5.74) is 4.23. The van der Waals surface area contributed by atoms with E-state index < -0.39 is 50.7 Å². The van der Waals surface area contributed by atoms with Crippen LogP contribution in [0.15, 0.2) is 152 Å². The molecule has 5 rings (SSSR count). The van der Waals surface area contributed by atoms with Gasteiger partial charge in [-0.2, -0.15) is 0 Å². The lowest BCUT2D eigenvalue weighted by Gasteiger charge is -2.35. The van der Waals surface area contributed by atoms with E-state index in [0.717, 1.165) is 27.8 Å². The number of ether oxygens (including phenoxy) is 7. The van der Waals surface area contributed by atoms with E-state index in [1.54, 1.807) is 0 Å². The van der Waals surface area contributed by atoms with Gasteiger partial charge in [0, 0.05) is 28.3 Å². The Balaban J connectivity index is 1.47. The summed E-state index contributed by atoms with van der Waals surface area (Å²) < 4.78 is 74.8. The Kier molecular flexibility index (Phi) is 21.6. The van der Waals surface area contributed by atoms with E-state index >= 15 is 0 Å². The minimum atomic E-state index is -4.17. The predicted molar refractivity (Wildman–Crippen MR) is 240 cm³/mol. The van der Waals surface area contributed by atoms with Crippen LogP contribution in [0.5, 0.6) is 0 Å². The van der Waals surface area contributed by atoms with Crippen molar-refractivity contribution in [2.75, 3.05) is 48.1 Å². The molecule has 5 aromatic rings. The summed E-state index contributed by atoms with van der Waals surface area (Å²) in [6.45, 7) is -0.192. The number of rotatable bonds is 29. The first kappa shape index (κ1) is 50.2. The summed E-state index contributed by atoms with van der Waals surface area (Å²) in [5, 5.41) is 11.8. The Morgan fingerprint density at radius 1 is 0.531 bits per heavy atom. The van der Waals surface area contributed by atoms with E-state index in [4.69, 9.17) is 46.7 Å². The van der Waals surface area contributed by atoms with Gasteiger partial charge >= 0.3 is 13.9 Å². The first-order valence-electron chi connectivity index (χ1n) is 20.9. The monoisotopic (exact) mass is 901 g/mol. The van der Waals surface area contributed by atoms with E-state index in [0.29, 0.717) is 0 Å². The van der Waals surface area contributed by atoms with E-state index in [1.807, 2.05) is 152 Å². The number of phosphoric ester groups is 1. The number of amides is 1. The molecule has 344 valence electrons. The average molecular weight is 902 g/mol. The third kappa shape index (κ3) is 17.3. The number of nitrogens with zero attached hydrogens (tertiary/aromatic N) is 1. The molecule has 0 spiro atoms. The van der Waals surface area contributed by atoms with Gasteiger partial charge in [-0.1, -0.05) is 152 Å². The van der Waals surface area contributed by atoms with Gasteiger partial charge in [0.1, 0.15) is 30.5 Å². The topological polar surface area (TPSA) is 150 Å². The second kappa shape index (κ2) is 27.5. The molecule has 0 aliphatic rings. The standard InChI is InChI=1S/C49H60NO13P/c1-50(2)49(52)63-48(46(51)43(54-3)35-56-30-38-20-10-5-11-21-38)60-36-44(57-31-39-22-12-6-13-23-39)47(59-33-41-26-16-8-17-27-41)45(58-32-40-24-14-7-15-25-40)37-62-64(53,55-4)61-34-42-28-18-9-19-29-42/h5-29,43-48,51H,30-37H2,1-4H3. The highest BCUT2D eigenvalue weighted by Gasteiger charge is 2.39. The van der Waals surface area contributed by atoms with Crippen LogP contribution in [-0.2, 0) is 84.3 Å². The minimum Gasteiger partial charge on any atom is -0.416 e. The van der Waals surface area contributed by atoms with Gasteiger partial charge in [0.2, 0.25) is 6.29 Å². The molecule has 7 atom stereocenters. The fourth-order valence-corrected chi connectivity index (χ4v) is 7.15. The SMILES string of the molecule is COC(COCc1ccccc1)C(O)C(OCC(OCc1ccccc1)C(OCc1ccccc1)C(COP(=O)(OC)OCc1ccccc1)OCc1ccccc1)OC(=O)N(C)C. The minimum absolute atomic E-state index is 0.0404. The molecule has 5 aromatic carbocycles. The molecule has 0 heterocycles. The van der Waals surface area contributed by atoms with Crippen LogP contribution in [0, 0.1) is 0 Å². The number of phosphoric acid groups is 1. The van der Waals surface area contributed by atoms with Gasteiger partial charge in [-0.25, -0.2) is 9.36 Å². The van der Waals surface area contributed by atoms with E-state index in [9.17, 15) is 14.5 Å². The highest BCUT2D eigenvalue weighted by molar-refractivity contribution is 7.48. The Bertz CT molecular complexity index is 2050. The zero-order valence-corrected chi connectivity index (χ0v) is 37.7. The van der Waals surface area contributed by atoms with Crippen LogP contribution >= 0.6 is 7.82 Å². The Morgan fingerprint density at radius 2 is 0.953 bits per heavy atom. The summed E-state index contributed by atoms with van der Waals surface area (Å²) in [5.74, 6) is 0. The third-order valence-corrected chi connectivity index (χ3v) is 11.2. The second-order valence-electron chi connectivity index (χ2n) is 14.9. The maximum Gasteiger partial charge on any atom is 0.474 e. The van der Waals surface area contributed by atoms with E-state index in [2.05, 4.69) is 0 Å². The summed E-state index contributed by atoms with van der Waals surface area (Å²) in [7, 11) is 1.52. The molecule has 0 saturated carbocycles. The number of aliphatic hydroxyl groups excluding tert-OH is 1. The van der Waals surface area contributed by atoms with E-state index in [1.165, 1.54) is 33.2 Å². The highest BCUT2D eigenvalue weighted by Crippen LogP contribution is 2.49. The van der Waals surface area contributed by atoms with Crippen molar-refractivity contribution >= 4 is 13.9 Å². The molecule has 7 unspecified atom stereocenters. The molecule has 0 aliphatic carbocycles.